The lowest BCUT2D eigenvalue weighted by molar-refractivity contribution is 0.135. The van der Waals surface area contributed by atoms with Crippen LogP contribution in [0.25, 0.3) is 0 Å². The molecule has 1 saturated carbocycles. The maximum Gasteiger partial charge on any atom is 0.0480 e. The van der Waals surface area contributed by atoms with Gasteiger partial charge in [-0.25, -0.2) is 0 Å². The van der Waals surface area contributed by atoms with Crippen LogP contribution in [-0.4, -0.2) is 17.5 Å². The van der Waals surface area contributed by atoms with E-state index in [0.29, 0.717) is 18.6 Å². The van der Waals surface area contributed by atoms with Crippen LogP contribution in [0.4, 0.5) is 0 Å². The minimum Gasteiger partial charge on any atom is -0.329 e. The zero-order valence-electron chi connectivity index (χ0n) is 12.4. The molecule has 1 aliphatic heterocycles. The maximum atomic E-state index is 6.29. The van der Waals surface area contributed by atoms with Crippen LogP contribution in [0.1, 0.15) is 61.3 Å². The Balaban J connectivity index is 1.89. The first kappa shape index (κ1) is 14.4. The summed E-state index contributed by atoms with van der Waals surface area (Å²) in [7, 11) is 0. The van der Waals surface area contributed by atoms with E-state index in [9.17, 15) is 0 Å². The van der Waals surface area contributed by atoms with Gasteiger partial charge < -0.3 is 5.73 Å². The van der Waals surface area contributed by atoms with E-state index in [4.69, 9.17) is 17.3 Å². The summed E-state index contributed by atoms with van der Waals surface area (Å²) in [5.74, 6) is 0. The minimum absolute atomic E-state index is 0.393. The molecule has 110 valence electrons. The van der Waals surface area contributed by atoms with Crippen molar-refractivity contribution in [2.45, 2.75) is 64.1 Å². The zero-order chi connectivity index (χ0) is 14.1. The third kappa shape index (κ3) is 2.49. The predicted molar refractivity (Wildman–Crippen MR) is 85.0 cm³/mol. The van der Waals surface area contributed by atoms with Gasteiger partial charge in [-0.15, -0.1) is 0 Å². The molecular formula is C17H25ClN2. The van der Waals surface area contributed by atoms with E-state index in [-0.39, 0.29) is 0 Å². The first-order valence-corrected chi connectivity index (χ1v) is 8.34. The van der Waals surface area contributed by atoms with Crippen molar-refractivity contribution >= 4 is 11.6 Å². The van der Waals surface area contributed by atoms with Crippen molar-refractivity contribution in [1.29, 1.82) is 0 Å². The highest BCUT2D eigenvalue weighted by Gasteiger charge is 2.35. The molecule has 3 heteroatoms. The fraction of sp³-hybridized carbons (Fsp3) is 0.647. The van der Waals surface area contributed by atoms with Crippen LogP contribution >= 0.6 is 11.6 Å². The van der Waals surface area contributed by atoms with Crippen molar-refractivity contribution in [2.24, 2.45) is 5.73 Å². The molecule has 1 atom stereocenters. The lowest BCUT2D eigenvalue weighted by atomic mass is 10.00. The number of nitrogens with two attached hydrogens (primary N) is 1. The number of hydrogen-bond acceptors (Lipinski definition) is 2. The van der Waals surface area contributed by atoms with E-state index in [1.165, 1.54) is 55.2 Å². The monoisotopic (exact) mass is 292 g/mol. The Morgan fingerprint density at radius 3 is 2.55 bits per heavy atom. The molecule has 2 N–H and O–H groups in total. The molecule has 0 spiro atoms. The first-order chi connectivity index (χ1) is 9.72. The summed E-state index contributed by atoms with van der Waals surface area (Å²) in [5, 5.41) is 0.891. The SMILES string of the molecule is Cc1c(Cl)ccc2c1CN(C1CCCCCC1)C2CN. The van der Waals surface area contributed by atoms with Gasteiger partial charge in [0.25, 0.3) is 0 Å². The van der Waals surface area contributed by atoms with E-state index < -0.39 is 0 Å². The zero-order valence-corrected chi connectivity index (χ0v) is 13.1. The first-order valence-electron chi connectivity index (χ1n) is 7.96. The summed E-state index contributed by atoms with van der Waals surface area (Å²) in [4.78, 5) is 2.65. The third-order valence-corrected chi connectivity index (χ3v) is 5.60. The maximum absolute atomic E-state index is 6.29. The molecule has 3 rings (SSSR count). The predicted octanol–water partition coefficient (Wildman–Crippen LogP) is 4.19. The van der Waals surface area contributed by atoms with Gasteiger partial charge in [-0.2, -0.15) is 0 Å². The second-order valence-electron chi connectivity index (χ2n) is 6.31. The molecule has 1 fully saturated rings. The van der Waals surface area contributed by atoms with Gasteiger partial charge in [0.05, 0.1) is 0 Å². The lowest BCUT2D eigenvalue weighted by Gasteiger charge is -2.32. The molecular weight excluding hydrogens is 268 g/mol. The van der Waals surface area contributed by atoms with Gasteiger partial charge in [0.2, 0.25) is 0 Å². The lowest BCUT2D eigenvalue weighted by Crippen LogP contribution is -2.36. The van der Waals surface area contributed by atoms with Gasteiger partial charge in [0.1, 0.15) is 0 Å². The Labute approximate surface area is 127 Å². The highest BCUT2D eigenvalue weighted by atomic mass is 35.5. The largest absolute Gasteiger partial charge is 0.329 e. The number of nitrogens with zero attached hydrogens (tertiary/aromatic N) is 1. The summed E-state index contributed by atoms with van der Waals surface area (Å²) >= 11 is 6.29. The van der Waals surface area contributed by atoms with Crippen LogP contribution < -0.4 is 5.73 Å². The standard InChI is InChI=1S/C17H25ClN2/c1-12-15-11-20(13-6-4-2-3-5-7-13)17(10-19)14(15)8-9-16(12)18/h8-9,13,17H,2-7,10-11,19H2,1H3. The molecule has 20 heavy (non-hydrogen) atoms. The number of fused-ring (bicyclic) bond motifs is 1. The molecule has 0 radical (unpaired) electrons. The normalized spacial score (nSPS) is 24.6. The molecule has 1 heterocycles. The molecule has 0 aromatic heterocycles. The van der Waals surface area contributed by atoms with Gasteiger partial charge in [-0.3, -0.25) is 4.90 Å². The summed E-state index contributed by atoms with van der Waals surface area (Å²) < 4.78 is 0. The van der Waals surface area contributed by atoms with Crippen molar-refractivity contribution in [3.63, 3.8) is 0 Å². The summed E-state index contributed by atoms with van der Waals surface area (Å²) in [5.41, 5.74) is 10.2. The summed E-state index contributed by atoms with van der Waals surface area (Å²) in [6.45, 7) is 3.89. The topological polar surface area (TPSA) is 29.3 Å². The van der Waals surface area contributed by atoms with Crippen LogP contribution in [0.15, 0.2) is 12.1 Å². The fourth-order valence-corrected chi connectivity index (χ4v) is 4.16. The molecule has 2 nitrogen and oxygen atoms in total. The number of halogens is 1. The molecule has 1 unspecified atom stereocenters. The van der Waals surface area contributed by atoms with Crippen molar-refractivity contribution in [3.8, 4) is 0 Å². The smallest absolute Gasteiger partial charge is 0.0480 e. The van der Waals surface area contributed by atoms with Crippen molar-refractivity contribution in [1.82, 2.24) is 4.90 Å². The highest BCUT2D eigenvalue weighted by molar-refractivity contribution is 6.31. The average Bonchev–Trinajstić information content (AvgIpc) is 2.63. The number of hydrogen-bond donors (Lipinski definition) is 1. The highest BCUT2D eigenvalue weighted by Crippen LogP contribution is 2.40. The van der Waals surface area contributed by atoms with Crippen LogP contribution in [0.5, 0.6) is 0 Å². The Morgan fingerprint density at radius 2 is 1.90 bits per heavy atom. The Bertz CT molecular complexity index is 478. The summed E-state index contributed by atoms with van der Waals surface area (Å²) in [6.07, 6.45) is 8.20. The molecule has 1 aromatic rings. The number of rotatable bonds is 2. The Kier molecular flexibility index (Phi) is 4.34. The van der Waals surface area contributed by atoms with E-state index in [1.54, 1.807) is 0 Å². The quantitative estimate of drug-likeness (QED) is 0.828. The fourth-order valence-electron chi connectivity index (χ4n) is 3.98. The van der Waals surface area contributed by atoms with Gasteiger partial charge in [-0.05, 0) is 42.5 Å². The molecule has 1 aliphatic carbocycles. The van der Waals surface area contributed by atoms with Gasteiger partial charge >= 0.3 is 0 Å². The molecule has 1 aromatic carbocycles. The summed E-state index contributed by atoms with van der Waals surface area (Å²) in [6, 6.07) is 5.33. The van der Waals surface area contributed by atoms with Gasteiger partial charge in [0.15, 0.2) is 0 Å². The minimum atomic E-state index is 0.393. The number of benzene rings is 1. The average molecular weight is 293 g/mol. The van der Waals surface area contributed by atoms with Crippen LogP contribution in [0.2, 0.25) is 5.02 Å². The second-order valence-corrected chi connectivity index (χ2v) is 6.72. The van der Waals surface area contributed by atoms with Crippen LogP contribution in [0, 0.1) is 6.92 Å². The van der Waals surface area contributed by atoms with Crippen LogP contribution in [-0.2, 0) is 6.54 Å². The van der Waals surface area contributed by atoms with Crippen molar-refractivity contribution < 1.29 is 0 Å². The molecule has 0 amide bonds. The Hall–Kier alpha value is -0.570. The van der Waals surface area contributed by atoms with Crippen molar-refractivity contribution in [3.05, 3.63) is 33.8 Å². The van der Waals surface area contributed by atoms with Gasteiger partial charge in [-0.1, -0.05) is 43.4 Å². The van der Waals surface area contributed by atoms with Crippen molar-refractivity contribution in [2.75, 3.05) is 6.54 Å². The molecule has 0 saturated heterocycles. The van der Waals surface area contributed by atoms with Gasteiger partial charge in [0, 0.05) is 30.2 Å². The Morgan fingerprint density at radius 1 is 1.20 bits per heavy atom. The molecule has 2 aliphatic rings. The molecule has 0 bridgehead atoms. The van der Waals surface area contributed by atoms with E-state index in [1.807, 2.05) is 6.07 Å². The van der Waals surface area contributed by atoms with Crippen LogP contribution in [0.3, 0.4) is 0 Å². The van der Waals surface area contributed by atoms with E-state index >= 15 is 0 Å². The second kappa shape index (κ2) is 6.05. The van der Waals surface area contributed by atoms with E-state index in [0.717, 1.165) is 11.6 Å². The van der Waals surface area contributed by atoms with E-state index in [2.05, 4.69) is 17.9 Å². The third-order valence-electron chi connectivity index (χ3n) is 5.19.